The minimum absolute atomic E-state index is 0.0164. The summed E-state index contributed by atoms with van der Waals surface area (Å²) in [5.74, 6) is 0.316. The van der Waals surface area contributed by atoms with E-state index in [1.807, 2.05) is 38.1 Å². The number of carbonyl (C=O) groups is 1. The molecule has 0 fully saturated rings. The van der Waals surface area contributed by atoms with Crippen LogP contribution in [0, 0.1) is 5.92 Å². The summed E-state index contributed by atoms with van der Waals surface area (Å²) in [6.45, 7) is 4.07. The molecule has 70 valence electrons. The van der Waals surface area contributed by atoms with Crippen molar-refractivity contribution in [2.45, 2.75) is 19.8 Å². The van der Waals surface area contributed by atoms with Crippen LogP contribution in [0.15, 0.2) is 24.3 Å². The molecule has 0 aliphatic rings. The normalized spacial score (nSPS) is 12.9. The molecule has 0 bridgehead atoms. The van der Waals surface area contributed by atoms with Crippen molar-refractivity contribution in [3.05, 3.63) is 34.9 Å². The van der Waals surface area contributed by atoms with E-state index in [0.29, 0.717) is 10.9 Å². The Bertz CT molecular complexity index is 277. The lowest BCUT2D eigenvalue weighted by molar-refractivity contribution is -0.109. The minimum Gasteiger partial charge on any atom is -0.303 e. The molecule has 0 amide bonds. The van der Waals surface area contributed by atoms with Gasteiger partial charge >= 0.3 is 0 Å². The highest BCUT2D eigenvalue weighted by molar-refractivity contribution is 6.30. The molecule has 1 aromatic carbocycles. The number of benzene rings is 1. The zero-order chi connectivity index (χ0) is 9.84. The highest BCUT2D eigenvalue weighted by Gasteiger charge is 2.13. The van der Waals surface area contributed by atoms with Gasteiger partial charge in [0.15, 0.2) is 0 Å². The Balaban J connectivity index is 2.92. The summed E-state index contributed by atoms with van der Waals surface area (Å²) >= 11 is 5.75. The van der Waals surface area contributed by atoms with Gasteiger partial charge in [-0.2, -0.15) is 0 Å². The molecule has 1 rings (SSSR count). The zero-order valence-electron chi connectivity index (χ0n) is 7.83. The van der Waals surface area contributed by atoms with Crippen LogP contribution >= 0.6 is 11.6 Å². The molecular weight excluding hydrogens is 184 g/mol. The maximum Gasteiger partial charge on any atom is 0.127 e. The van der Waals surface area contributed by atoms with Crippen LogP contribution in [0.25, 0.3) is 0 Å². The molecular formula is C11H13ClO. The quantitative estimate of drug-likeness (QED) is 0.679. The average molecular weight is 197 g/mol. The fourth-order valence-electron chi connectivity index (χ4n) is 1.31. The number of hydrogen-bond donors (Lipinski definition) is 0. The first-order valence-corrected chi connectivity index (χ1v) is 4.73. The van der Waals surface area contributed by atoms with Crippen molar-refractivity contribution in [2.24, 2.45) is 5.92 Å². The van der Waals surface area contributed by atoms with E-state index in [-0.39, 0.29) is 5.92 Å². The van der Waals surface area contributed by atoms with E-state index < -0.39 is 0 Å². The fraction of sp³-hybridized carbons (Fsp3) is 0.364. The van der Waals surface area contributed by atoms with E-state index in [0.717, 1.165) is 11.8 Å². The second kappa shape index (κ2) is 4.43. The summed E-state index contributed by atoms with van der Waals surface area (Å²) in [7, 11) is 0. The first-order valence-electron chi connectivity index (χ1n) is 4.36. The van der Waals surface area contributed by atoms with Crippen molar-refractivity contribution in [1.82, 2.24) is 0 Å². The molecule has 0 saturated carbocycles. The molecule has 0 unspecified atom stereocenters. The predicted molar refractivity (Wildman–Crippen MR) is 55.1 cm³/mol. The summed E-state index contributed by atoms with van der Waals surface area (Å²) in [5, 5.41) is 0.706. The second-order valence-corrected chi connectivity index (χ2v) is 3.89. The molecule has 0 spiro atoms. The van der Waals surface area contributed by atoms with Gasteiger partial charge in [-0.05, 0) is 23.6 Å². The van der Waals surface area contributed by atoms with Crippen molar-refractivity contribution in [3.8, 4) is 0 Å². The van der Waals surface area contributed by atoms with Gasteiger partial charge < -0.3 is 4.79 Å². The Labute approximate surface area is 83.7 Å². The molecule has 0 aromatic heterocycles. The van der Waals surface area contributed by atoms with Crippen LogP contribution in [0.4, 0.5) is 0 Å². The summed E-state index contributed by atoms with van der Waals surface area (Å²) in [4.78, 5) is 10.8. The topological polar surface area (TPSA) is 17.1 Å². The van der Waals surface area contributed by atoms with Crippen LogP contribution in [-0.4, -0.2) is 6.29 Å². The summed E-state index contributed by atoms with van der Waals surface area (Å²) in [5.41, 5.74) is 1.04. The van der Waals surface area contributed by atoms with Crippen LogP contribution in [0.2, 0.25) is 5.02 Å². The van der Waals surface area contributed by atoms with Gasteiger partial charge in [0.25, 0.3) is 0 Å². The molecule has 0 aliphatic carbocycles. The number of halogens is 1. The van der Waals surface area contributed by atoms with Gasteiger partial charge in [0.1, 0.15) is 6.29 Å². The lowest BCUT2D eigenvalue weighted by atomic mass is 9.90. The minimum atomic E-state index is -0.0164. The van der Waals surface area contributed by atoms with Gasteiger partial charge in [-0.1, -0.05) is 37.6 Å². The molecule has 1 atom stereocenters. The average Bonchev–Trinajstić information content (AvgIpc) is 2.09. The number of rotatable bonds is 3. The third-order valence-electron chi connectivity index (χ3n) is 2.12. The van der Waals surface area contributed by atoms with Crippen LogP contribution in [0.1, 0.15) is 25.3 Å². The van der Waals surface area contributed by atoms with E-state index in [9.17, 15) is 4.79 Å². The lowest BCUT2D eigenvalue weighted by Crippen LogP contribution is -2.07. The predicted octanol–water partition coefficient (Wildman–Crippen LogP) is 3.28. The SMILES string of the molecule is CC(C)[C@H](C=O)c1ccc(Cl)cc1. The van der Waals surface area contributed by atoms with Gasteiger partial charge in [0.05, 0.1) is 0 Å². The molecule has 1 aromatic rings. The summed E-state index contributed by atoms with van der Waals surface area (Å²) < 4.78 is 0. The molecule has 0 radical (unpaired) electrons. The summed E-state index contributed by atoms with van der Waals surface area (Å²) in [6, 6.07) is 7.44. The van der Waals surface area contributed by atoms with E-state index in [2.05, 4.69) is 0 Å². The van der Waals surface area contributed by atoms with Crippen LogP contribution in [0.5, 0.6) is 0 Å². The molecule has 0 saturated heterocycles. The number of hydrogen-bond acceptors (Lipinski definition) is 1. The van der Waals surface area contributed by atoms with Crippen LogP contribution in [0.3, 0.4) is 0 Å². The highest BCUT2D eigenvalue weighted by atomic mass is 35.5. The number of aldehydes is 1. The van der Waals surface area contributed by atoms with Gasteiger partial charge in [-0.15, -0.1) is 0 Å². The zero-order valence-corrected chi connectivity index (χ0v) is 8.58. The Hall–Kier alpha value is -0.820. The van der Waals surface area contributed by atoms with Crippen molar-refractivity contribution >= 4 is 17.9 Å². The Morgan fingerprint density at radius 2 is 1.77 bits per heavy atom. The maximum absolute atomic E-state index is 10.8. The van der Waals surface area contributed by atoms with E-state index in [1.165, 1.54) is 0 Å². The largest absolute Gasteiger partial charge is 0.303 e. The van der Waals surface area contributed by atoms with Gasteiger partial charge in [0, 0.05) is 10.9 Å². The van der Waals surface area contributed by atoms with Crippen molar-refractivity contribution < 1.29 is 4.79 Å². The third kappa shape index (κ3) is 2.56. The Morgan fingerprint density at radius 3 is 2.15 bits per heavy atom. The molecule has 1 nitrogen and oxygen atoms in total. The molecule has 0 heterocycles. The maximum atomic E-state index is 10.8. The van der Waals surface area contributed by atoms with Crippen molar-refractivity contribution in [3.63, 3.8) is 0 Å². The lowest BCUT2D eigenvalue weighted by Gasteiger charge is -2.14. The molecule has 0 aliphatic heterocycles. The monoisotopic (exact) mass is 196 g/mol. The fourth-order valence-corrected chi connectivity index (χ4v) is 1.43. The van der Waals surface area contributed by atoms with E-state index in [1.54, 1.807) is 0 Å². The highest BCUT2D eigenvalue weighted by Crippen LogP contribution is 2.23. The van der Waals surface area contributed by atoms with Crippen molar-refractivity contribution in [1.29, 1.82) is 0 Å². The van der Waals surface area contributed by atoms with Gasteiger partial charge in [-0.25, -0.2) is 0 Å². The second-order valence-electron chi connectivity index (χ2n) is 3.46. The summed E-state index contributed by atoms with van der Waals surface area (Å²) in [6.07, 6.45) is 0.994. The van der Waals surface area contributed by atoms with E-state index >= 15 is 0 Å². The Morgan fingerprint density at radius 1 is 1.23 bits per heavy atom. The van der Waals surface area contributed by atoms with Crippen LogP contribution in [-0.2, 0) is 4.79 Å². The number of carbonyl (C=O) groups excluding carboxylic acids is 1. The smallest absolute Gasteiger partial charge is 0.127 e. The standard InChI is InChI=1S/C11H13ClO/c1-8(2)11(7-13)9-3-5-10(12)6-4-9/h3-8,11H,1-2H3/t11-/m0/s1. The molecule has 13 heavy (non-hydrogen) atoms. The van der Waals surface area contributed by atoms with E-state index in [4.69, 9.17) is 11.6 Å². The van der Waals surface area contributed by atoms with Crippen LogP contribution < -0.4 is 0 Å². The van der Waals surface area contributed by atoms with Crippen molar-refractivity contribution in [2.75, 3.05) is 0 Å². The first kappa shape index (κ1) is 10.3. The molecule has 2 heteroatoms. The van der Waals surface area contributed by atoms with Gasteiger partial charge in [0.2, 0.25) is 0 Å². The van der Waals surface area contributed by atoms with Gasteiger partial charge in [-0.3, -0.25) is 0 Å². The first-order chi connectivity index (χ1) is 6.15. The third-order valence-corrected chi connectivity index (χ3v) is 2.37. The Kier molecular flexibility index (Phi) is 3.49. The molecule has 0 N–H and O–H groups in total.